The summed E-state index contributed by atoms with van der Waals surface area (Å²) in [6.45, 7) is 2.42. The largest absolute Gasteiger partial charge is 0.506 e. The molecule has 0 radical (unpaired) electrons. The molecule has 0 saturated carbocycles. The minimum atomic E-state index is 0.162. The molecule has 0 aliphatic carbocycles. The molecule has 0 spiro atoms. The molecule has 0 bridgehead atoms. The summed E-state index contributed by atoms with van der Waals surface area (Å²) in [6.07, 6.45) is 1.43. The number of aryl methyl sites for hydroxylation is 1. The quantitative estimate of drug-likeness (QED) is 0.757. The van der Waals surface area contributed by atoms with Crippen molar-refractivity contribution in [2.24, 2.45) is 0 Å². The van der Waals surface area contributed by atoms with Crippen LogP contribution in [0.3, 0.4) is 0 Å². The molecule has 106 valence electrons. The normalized spacial score (nSPS) is 10.5. The van der Waals surface area contributed by atoms with E-state index in [9.17, 15) is 5.11 Å². The maximum atomic E-state index is 9.21. The lowest BCUT2D eigenvalue weighted by atomic mass is 10.2. The highest BCUT2D eigenvalue weighted by atomic mass is 16.3. The average molecular weight is 282 g/mol. The summed E-state index contributed by atoms with van der Waals surface area (Å²) in [6, 6.07) is 11.2. The van der Waals surface area contributed by atoms with Crippen molar-refractivity contribution >= 4 is 5.69 Å². The van der Waals surface area contributed by atoms with Crippen LogP contribution in [0.4, 0.5) is 5.69 Å². The zero-order valence-electron chi connectivity index (χ0n) is 11.4. The van der Waals surface area contributed by atoms with Crippen molar-refractivity contribution < 1.29 is 5.11 Å². The highest BCUT2D eigenvalue weighted by Gasteiger charge is 2.04. The molecular weight excluding hydrogens is 268 g/mol. The van der Waals surface area contributed by atoms with Crippen LogP contribution in [0.15, 0.2) is 42.6 Å². The SMILES string of the molecule is Cc1nnnn1-c1cccc(NCc2ccc(O)cn2)c1. The van der Waals surface area contributed by atoms with Gasteiger partial charge >= 0.3 is 0 Å². The minimum Gasteiger partial charge on any atom is -0.506 e. The van der Waals surface area contributed by atoms with Gasteiger partial charge in [-0.1, -0.05) is 6.07 Å². The van der Waals surface area contributed by atoms with Crippen LogP contribution in [-0.2, 0) is 6.54 Å². The fraction of sp³-hybridized carbons (Fsp3) is 0.143. The Morgan fingerprint density at radius 2 is 2.14 bits per heavy atom. The summed E-state index contributed by atoms with van der Waals surface area (Å²) in [5.74, 6) is 0.891. The number of pyridine rings is 1. The Labute approximate surface area is 121 Å². The van der Waals surface area contributed by atoms with Gasteiger partial charge in [-0.25, -0.2) is 0 Å². The van der Waals surface area contributed by atoms with E-state index in [1.165, 1.54) is 6.20 Å². The number of hydrogen-bond acceptors (Lipinski definition) is 6. The van der Waals surface area contributed by atoms with Gasteiger partial charge in [-0.2, -0.15) is 4.68 Å². The zero-order valence-corrected chi connectivity index (χ0v) is 11.4. The lowest BCUT2D eigenvalue weighted by Crippen LogP contribution is -2.03. The lowest BCUT2D eigenvalue weighted by Gasteiger charge is -2.08. The van der Waals surface area contributed by atoms with Gasteiger partial charge in [0.1, 0.15) is 5.75 Å². The van der Waals surface area contributed by atoms with E-state index in [0.717, 1.165) is 22.9 Å². The van der Waals surface area contributed by atoms with Gasteiger partial charge in [0, 0.05) is 5.69 Å². The third-order valence-electron chi connectivity index (χ3n) is 3.00. The summed E-state index contributed by atoms with van der Waals surface area (Å²) in [4.78, 5) is 4.13. The Kier molecular flexibility index (Phi) is 3.46. The smallest absolute Gasteiger partial charge is 0.153 e. The number of aromatic hydroxyl groups is 1. The molecule has 2 heterocycles. The van der Waals surface area contributed by atoms with Crippen LogP contribution in [0.25, 0.3) is 5.69 Å². The van der Waals surface area contributed by atoms with Gasteiger partial charge in [-0.05, 0) is 47.7 Å². The number of anilines is 1. The molecule has 1 aromatic carbocycles. The molecule has 3 rings (SSSR count). The minimum absolute atomic E-state index is 0.162. The van der Waals surface area contributed by atoms with Crippen molar-refractivity contribution in [1.82, 2.24) is 25.2 Å². The Morgan fingerprint density at radius 1 is 1.24 bits per heavy atom. The van der Waals surface area contributed by atoms with Crippen LogP contribution < -0.4 is 5.32 Å². The number of hydrogen-bond donors (Lipinski definition) is 2. The van der Waals surface area contributed by atoms with Crippen LogP contribution in [-0.4, -0.2) is 30.3 Å². The third kappa shape index (κ3) is 2.97. The maximum Gasteiger partial charge on any atom is 0.153 e. The predicted molar refractivity (Wildman–Crippen MR) is 77.1 cm³/mol. The standard InChI is InChI=1S/C14H14N6O/c1-10-17-18-19-20(10)13-4-2-3-11(7-13)15-8-12-5-6-14(21)9-16-12/h2-7,9,15,21H,8H2,1H3. The highest BCUT2D eigenvalue weighted by Crippen LogP contribution is 2.15. The third-order valence-corrected chi connectivity index (χ3v) is 3.00. The van der Waals surface area contributed by atoms with Crippen molar-refractivity contribution in [3.05, 3.63) is 54.1 Å². The number of nitrogens with one attached hydrogen (secondary N) is 1. The van der Waals surface area contributed by atoms with E-state index in [-0.39, 0.29) is 5.75 Å². The van der Waals surface area contributed by atoms with Crippen molar-refractivity contribution in [2.45, 2.75) is 13.5 Å². The van der Waals surface area contributed by atoms with Gasteiger partial charge in [0.25, 0.3) is 0 Å². The first-order valence-electron chi connectivity index (χ1n) is 6.45. The fourth-order valence-corrected chi connectivity index (χ4v) is 1.93. The van der Waals surface area contributed by atoms with E-state index < -0.39 is 0 Å². The Hall–Kier alpha value is -2.96. The van der Waals surface area contributed by atoms with Crippen LogP contribution in [0.1, 0.15) is 11.5 Å². The average Bonchev–Trinajstić information content (AvgIpc) is 2.93. The Balaban J connectivity index is 1.74. The predicted octanol–water partition coefficient (Wildman–Crippen LogP) is 1.68. The topological polar surface area (TPSA) is 88.8 Å². The Morgan fingerprint density at radius 3 is 2.86 bits per heavy atom. The molecule has 2 N–H and O–H groups in total. The van der Waals surface area contributed by atoms with Crippen LogP contribution in [0.2, 0.25) is 0 Å². The summed E-state index contributed by atoms with van der Waals surface area (Å²) < 4.78 is 1.67. The molecule has 0 unspecified atom stereocenters. The van der Waals surface area contributed by atoms with Gasteiger partial charge < -0.3 is 10.4 Å². The monoisotopic (exact) mass is 282 g/mol. The number of nitrogens with zero attached hydrogens (tertiary/aromatic N) is 5. The number of tetrazole rings is 1. The summed E-state index contributed by atoms with van der Waals surface area (Å²) in [5.41, 5.74) is 2.68. The number of aromatic nitrogens is 5. The lowest BCUT2D eigenvalue weighted by molar-refractivity contribution is 0.472. The van der Waals surface area contributed by atoms with Crippen LogP contribution >= 0.6 is 0 Å². The van der Waals surface area contributed by atoms with Crippen molar-refractivity contribution in [1.29, 1.82) is 0 Å². The first kappa shape index (κ1) is 13.0. The zero-order chi connectivity index (χ0) is 14.7. The Bertz CT molecular complexity index is 737. The highest BCUT2D eigenvalue weighted by molar-refractivity contribution is 5.51. The van der Waals surface area contributed by atoms with E-state index in [0.29, 0.717) is 6.54 Å². The number of benzene rings is 1. The molecule has 0 saturated heterocycles. The molecule has 0 aliphatic heterocycles. The molecule has 0 fully saturated rings. The van der Waals surface area contributed by atoms with Crippen molar-refractivity contribution in [2.75, 3.05) is 5.32 Å². The molecule has 7 heteroatoms. The van der Waals surface area contributed by atoms with E-state index in [1.54, 1.807) is 16.8 Å². The summed E-state index contributed by atoms with van der Waals surface area (Å²) in [7, 11) is 0. The van der Waals surface area contributed by atoms with Gasteiger partial charge in [0.2, 0.25) is 0 Å². The van der Waals surface area contributed by atoms with E-state index in [2.05, 4.69) is 25.8 Å². The maximum absolute atomic E-state index is 9.21. The van der Waals surface area contributed by atoms with E-state index >= 15 is 0 Å². The summed E-state index contributed by atoms with van der Waals surface area (Å²) in [5, 5.41) is 23.9. The van der Waals surface area contributed by atoms with Gasteiger partial charge in [-0.3, -0.25) is 4.98 Å². The van der Waals surface area contributed by atoms with Gasteiger partial charge in [0.15, 0.2) is 5.82 Å². The van der Waals surface area contributed by atoms with E-state index in [1.807, 2.05) is 31.2 Å². The molecule has 7 nitrogen and oxygen atoms in total. The molecule has 2 aromatic heterocycles. The molecular formula is C14H14N6O. The second kappa shape index (κ2) is 5.58. The molecule has 0 atom stereocenters. The first-order valence-corrected chi connectivity index (χ1v) is 6.45. The molecule has 3 aromatic rings. The van der Waals surface area contributed by atoms with Crippen LogP contribution in [0, 0.1) is 6.92 Å². The van der Waals surface area contributed by atoms with Gasteiger partial charge in [-0.15, -0.1) is 5.10 Å². The van der Waals surface area contributed by atoms with E-state index in [4.69, 9.17) is 0 Å². The second-order valence-corrected chi connectivity index (χ2v) is 4.55. The fourth-order valence-electron chi connectivity index (χ4n) is 1.93. The van der Waals surface area contributed by atoms with Crippen molar-refractivity contribution in [3.8, 4) is 11.4 Å². The molecule has 0 amide bonds. The van der Waals surface area contributed by atoms with Crippen LogP contribution in [0.5, 0.6) is 5.75 Å². The summed E-state index contributed by atoms with van der Waals surface area (Å²) >= 11 is 0. The molecule has 0 aliphatic rings. The first-order chi connectivity index (χ1) is 10.2. The van der Waals surface area contributed by atoms with Crippen molar-refractivity contribution in [3.63, 3.8) is 0 Å². The second-order valence-electron chi connectivity index (χ2n) is 4.55. The van der Waals surface area contributed by atoms with Gasteiger partial charge in [0.05, 0.1) is 24.1 Å². The number of rotatable bonds is 4. The molecule has 21 heavy (non-hydrogen) atoms.